The Balaban J connectivity index is 1.50. The number of nitrogens with zero attached hydrogens (tertiary/aromatic N) is 3. The van der Waals surface area contributed by atoms with Crippen molar-refractivity contribution in [1.29, 1.82) is 0 Å². The van der Waals surface area contributed by atoms with E-state index in [1.165, 1.54) is 18.7 Å². The van der Waals surface area contributed by atoms with Gasteiger partial charge in [0.15, 0.2) is 11.0 Å². The molecule has 4 aromatic rings. The molecule has 2 heterocycles. The standard InChI is InChI=1S/C29H30N6O5S2/c1-5-35-25(19-12-14-21(15-13-19)30-18(4)36)33-34-29(35)41-16-22(37)32-27-23(17(3)24(42-27)28(39)40-6-2)26(38)31-20-10-8-7-9-11-20/h7-15H,5-6,16H2,1-4H3,(H,30,36)(H,31,38)(H,32,37). The van der Waals surface area contributed by atoms with Gasteiger partial charge >= 0.3 is 5.97 Å². The second kappa shape index (κ2) is 13.9. The molecule has 0 bridgehead atoms. The Morgan fingerprint density at radius 2 is 1.62 bits per heavy atom. The van der Waals surface area contributed by atoms with Crippen molar-refractivity contribution in [3.8, 4) is 11.4 Å². The van der Waals surface area contributed by atoms with Gasteiger partial charge < -0.3 is 25.3 Å². The maximum absolute atomic E-state index is 13.2. The van der Waals surface area contributed by atoms with E-state index >= 15 is 0 Å². The van der Waals surface area contributed by atoms with Crippen LogP contribution in [0.2, 0.25) is 0 Å². The predicted molar refractivity (Wildman–Crippen MR) is 164 cm³/mol. The number of carbonyl (C=O) groups excluding carboxylic acids is 4. The number of anilines is 3. The van der Waals surface area contributed by atoms with Gasteiger partial charge in [0.25, 0.3) is 5.91 Å². The minimum absolute atomic E-state index is 0.00889. The number of nitrogens with one attached hydrogen (secondary N) is 3. The molecule has 3 N–H and O–H groups in total. The number of hydrogen-bond acceptors (Lipinski definition) is 9. The van der Waals surface area contributed by atoms with Crippen LogP contribution in [0, 0.1) is 6.92 Å². The topological polar surface area (TPSA) is 144 Å². The van der Waals surface area contributed by atoms with Gasteiger partial charge in [0.1, 0.15) is 9.88 Å². The highest BCUT2D eigenvalue weighted by Crippen LogP contribution is 2.35. The van der Waals surface area contributed by atoms with Gasteiger partial charge in [-0.2, -0.15) is 0 Å². The van der Waals surface area contributed by atoms with E-state index in [-0.39, 0.29) is 39.6 Å². The normalized spacial score (nSPS) is 10.7. The third kappa shape index (κ3) is 7.22. The van der Waals surface area contributed by atoms with Crippen LogP contribution in [0.5, 0.6) is 0 Å². The maximum Gasteiger partial charge on any atom is 0.348 e. The number of aromatic nitrogens is 3. The quantitative estimate of drug-likeness (QED) is 0.151. The molecule has 0 aliphatic heterocycles. The molecule has 3 amide bonds. The molecule has 2 aromatic heterocycles. The fraction of sp³-hybridized carbons (Fsp3) is 0.241. The first-order valence-electron chi connectivity index (χ1n) is 13.1. The molecule has 218 valence electrons. The predicted octanol–water partition coefficient (Wildman–Crippen LogP) is 5.45. The molecular weight excluding hydrogens is 576 g/mol. The lowest BCUT2D eigenvalue weighted by Crippen LogP contribution is -2.19. The van der Waals surface area contributed by atoms with Crippen LogP contribution in [0.4, 0.5) is 16.4 Å². The van der Waals surface area contributed by atoms with Crippen molar-refractivity contribution in [2.45, 2.75) is 39.4 Å². The van der Waals surface area contributed by atoms with Crippen LogP contribution in [-0.4, -0.2) is 50.8 Å². The molecule has 11 nitrogen and oxygen atoms in total. The number of thiophene rings is 1. The number of ether oxygens (including phenoxy) is 1. The summed E-state index contributed by atoms with van der Waals surface area (Å²) in [4.78, 5) is 50.4. The highest BCUT2D eigenvalue weighted by Gasteiger charge is 2.27. The first-order valence-corrected chi connectivity index (χ1v) is 14.9. The van der Waals surface area contributed by atoms with E-state index in [4.69, 9.17) is 4.74 Å². The summed E-state index contributed by atoms with van der Waals surface area (Å²) in [6.07, 6.45) is 0. The Bertz CT molecular complexity index is 1600. The summed E-state index contributed by atoms with van der Waals surface area (Å²) in [6, 6.07) is 16.2. The fourth-order valence-corrected chi connectivity index (χ4v) is 5.99. The molecular formula is C29H30N6O5S2. The van der Waals surface area contributed by atoms with E-state index in [9.17, 15) is 19.2 Å². The first-order chi connectivity index (χ1) is 20.2. The number of esters is 1. The molecule has 42 heavy (non-hydrogen) atoms. The summed E-state index contributed by atoms with van der Waals surface area (Å²) in [6.45, 7) is 7.49. The van der Waals surface area contributed by atoms with Crippen LogP contribution in [0.25, 0.3) is 11.4 Å². The van der Waals surface area contributed by atoms with Crippen LogP contribution in [0.1, 0.15) is 46.4 Å². The second-order valence-corrected chi connectivity index (χ2v) is 10.9. The smallest absolute Gasteiger partial charge is 0.348 e. The van der Waals surface area contributed by atoms with Crippen LogP contribution in [0.15, 0.2) is 59.8 Å². The van der Waals surface area contributed by atoms with Crippen molar-refractivity contribution in [2.24, 2.45) is 0 Å². The zero-order chi connectivity index (χ0) is 30.2. The van der Waals surface area contributed by atoms with Gasteiger partial charge in [-0.05, 0) is 62.7 Å². The number of carbonyl (C=O) groups is 4. The third-order valence-corrected chi connectivity index (χ3v) is 8.10. The largest absolute Gasteiger partial charge is 0.462 e. The molecule has 0 aliphatic carbocycles. The van der Waals surface area contributed by atoms with Crippen molar-refractivity contribution in [3.05, 3.63) is 70.6 Å². The molecule has 0 unspecified atom stereocenters. The van der Waals surface area contributed by atoms with E-state index < -0.39 is 11.9 Å². The van der Waals surface area contributed by atoms with Gasteiger partial charge in [0.05, 0.1) is 17.9 Å². The molecule has 0 atom stereocenters. The Kier molecular flexibility index (Phi) is 10.1. The zero-order valence-corrected chi connectivity index (χ0v) is 25.1. The van der Waals surface area contributed by atoms with Gasteiger partial charge in [-0.15, -0.1) is 21.5 Å². The van der Waals surface area contributed by atoms with Crippen molar-refractivity contribution in [3.63, 3.8) is 0 Å². The molecule has 0 aliphatic rings. The fourth-order valence-electron chi connectivity index (χ4n) is 4.07. The van der Waals surface area contributed by atoms with E-state index in [0.717, 1.165) is 16.9 Å². The van der Waals surface area contributed by atoms with Gasteiger partial charge in [-0.1, -0.05) is 30.0 Å². The second-order valence-electron chi connectivity index (χ2n) is 8.95. The monoisotopic (exact) mass is 606 g/mol. The minimum atomic E-state index is -0.558. The van der Waals surface area contributed by atoms with Crippen LogP contribution in [0.3, 0.4) is 0 Å². The molecule has 13 heteroatoms. The highest BCUT2D eigenvalue weighted by molar-refractivity contribution is 7.99. The average Bonchev–Trinajstić information content (AvgIpc) is 3.52. The highest BCUT2D eigenvalue weighted by atomic mass is 32.2. The van der Waals surface area contributed by atoms with E-state index in [1.54, 1.807) is 50.2 Å². The molecule has 4 rings (SSSR count). The molecule has 2 aromatic carbocycles. The SMILES string of the molecule is CCOC(=O)c1sc(NC(=O)CSc2nnc(-c3ccc(NC(C)=O)cc3)n2CC)c(C(=O)Nc2ccccc2)c1C. The Morgan fingerprint density at radius 1 is 0.929 bits per heavy atom. The minimum Gasteiger partial charge on any atom is -0.462 e. The lowest BCUT2D eigenvalue weighted by atomic mass is 10.1. The molecule has 0 saturated heterocycles. The van der Waals surface area contributed by atoms with E-state index in [2.05, 4.69) is 26.1 Å². The number of hydrogen-bond donors (Lipinski definition) is 3. The van der Waals surface area contributed by atoms with Crippen LogP contribution in [-0.2, 0) is 20.9 Å². The van der Waals surface area contributed by atoms with Gasteiger partial charge in [-0.25, -0.2) is 4.79 Å². The maximum atomic E-state index is 13.2. The van der Waals surface area contributed by atoms with Crippen LogP contribution >= 0.6 is 23.1 Å². The van der Waals surface area contributed by atoms with Crippen LogP contribution < -0.4 is 16.0 Å². The summed E-state index contributed by atoms with van der Waals surface area (Å²) in [7, 11) is 0. The zero-order valence-electron chi connectivity index (χ0n) is 23.5. The van der Waals surface area contributed by atoms with Crippen molar-refractivity contribution in [2.75, 3.05) is 28.3 Å². The Hall–Kier alpha value is -4.49. The van der Waals surface area contributed by atoms with Crippen molar-refractivity contribution >= 4 is 63.2 Å². The van der Waals surface area contributed by atoms with Crippen molar-refractivity contribution < 1.29 is 23.9 Å². The van der Waals surface area contributed by atoms with Gasteiger partial charge in [0, 0.05) is 30.4 Å². The van der Waals surface area contributed by atoms with Gasteiger partial charge in [0.2, 0.25) is 11.8 Å². The number of para-hydroxylation sites is 1. The summed E-state index contributed by atoms with van der Waals surface area (Å²) < 4.78 is 7.05. The van der Waals surface area contributed by atoms with E-state index in [1.807, 2.05) is 29.7 Å². The third-order valence-electron chi connectivity index (χ3n) is 5.95. The lowest BCUT2D eigenvalue weighted by Gasteiger charge is -2.10. The first kappa shape index (κ1) is 30.5. The number of benzene rings is 2. The molecule has 0 spiro atoms. The van der Waals surface area contributed by atoms with E-state index in [0.29, 0.717) is 34.5 Å². The number of rotatable bonds is 11. The molecule has 0 saturated carbocycles. The summed E-state index contributed by atoms with van der Waals surface area (Å²) >= 11 is 2.20. The summed E-state index contributed by atoms with van der Waals surface area (Å²) in [5.74, 6) is -0.925. The molecule has 0 fully saturated rings. The Morgan fingerprint density at radius 3 is 2.26 bits per heavy atom. The van der Waals surface area contributed by atoms with Gasteiger partial charge in [-0.3, -0.25) is 14.4 Å². The lowest BCUT2D eigenvalue weighted by molar-refractivity contribution is -0.114. The Labute approximate surface area is 251 Å². The summed E-state index contributed by atoms with van der Waals surface area (Å²) in [5, 5.41) is 17.7. The van der Waals surface area contributed by atoms with Crippen molar-refractivity contribution in [1.82, 2.24) is 14.8 Å². The number of amides is 3. The average molecular weight is 607 g/mol. The summed E-state index contributed by atoms with van der Waals surface area (Å²) in [5.41, 5.74) is 2.69. The number of thioether (sulfide) groups is 1. The molecule has 0 radical (unpaired) electrons.